The fraction of sp³-hybridized carbons (Fsp3) is 0.600. The number of nitrogens with zero attached hydrogens (tertiary/aromatic N) is 1. The van der Waals surface area contributed by atoms with E-state index in [0.717, 1.165) is 18.7 Å². The molecular formula is C15H23FN2O. The van der Waals surface area contributed by atoms with Gasteiger partial charge in [-0.3, -0.25) is 4.90 Å². The van der Waals surface area contributed by atoms with E-state index in [1.165, 1.54) is 20.0 Å². The molecule has 0 saturated carbocycles. The van der Waals surface area contributed by atoms with Crippen LogP contribution in [0.1, 0.15) is 31.4 Å². The zero-order chi connectivity index (χ0) is 13.8. The minimum Gasteiger partial charge on any atom is -0.494 e. The summed E-state index contributed by atoms with van der Waals surface area (Å²) >= 11 is 0. The summed E-state index contributed by atoms with van der Waals surface area (Å²) in [4.78, 5) is 2.33. The highest BCUT2D eigenvalue weighted by Gasteiger charge is 2.23. The van der Waals surface area contributed by atoms with Crippen LogP contribution >= 0.6 is 0 Å². The van der Waals surface area contributed by atoms with E-state index in [1.807, 2.05) is 6.07 Å². The van der Waals surface area contributed by atoms with Gasteiger partial charge >= 0.3 is 0 Å². The second kappa shape index (κ2) is 6.35. The third-order valence-electron chi connectivity index (χ3n) is 4.12. The Bertz CT molecular complexity index is 419. The molecule has 1 saturated heterocycles. The molecule has 1 aliphatic rings. The van der Waals surface area contributed by atoms with Crippen molar-refractivity contribution in [3.63, 3.8) is 0 Å². The van der Waals surface area contributed by atoms with Crippen molar-refractivity contribution in [1.82, 2.24) is 10.2 Å². The first-order chi connectivity index (χ1) is 9.13. The van der Waals surface area contributed by atoms with E-state index >= 15 is 0 Å². The van der Waals surface area contributed by atoms with Gasteiger partial charge in [-0.15, -0.1) is 0 Å². The van der Waals surface area contributed by atoms with Gasteiger partial charge in [-0.2, -0.15) is 0 Å². The van der Waals surface area contributed by atoms with Crippen molar-refractivity contribution in [2.75, 3.05) is 27.2 Å². The quantitative estimate of drug-likeness (QED) is 0.906. The molecule has 106 valence electrons. The zero-order valence-electron chi connectivity index (χ0n) is 11.9. The predicted molar refractivity (Wildman–Crippen MR) is 75.0 cm³/mol. The molecule has 0 aliphatic carbocycles. The fourth-order valence-electron chi connectivity index (χ4n) is 2.67. The van der Waals surface area contributed by atoms with E-state index in [-0.39, 0.29) is 11.9 Å². The lowest BCUT2D eigenvalue weighted by Gasteiger charge is -2.36. The summed E-state index contributed by atoms with van der Waals surface area (Å²) in [5, 5.41) is 3.42. The summed E-state index contributed by atoms with van der Waals surface area (Å²) in [6.07, 6.45) is 2.41. The summed E-state index contributed by atoms with van der Waals surface area (Å²) in [5.74, 6) is 0.0138. The summed E-state index contributed by atoms with van der Waals surface area (Å²) in [5.41, 5.74) is 0.992. The summed E-state index contributed by atoms with van der Waals surface area (Å²) in [7, 11) is 3.60. The van der Waals surface area contributed by atoms with Crippen molar-refractivity contribution in [2.45, 2.75) is 31.8 Å². The number of halogens is 1. The number of piperidine rings is 1. The molecule has 1 fully saturated rings. The number of hydrogen-bond donors (Lipinski definition) is 1. The molecule has 0 spiro atoms. The van der Waals surface area contributed by atoms with Crippen molar-refractivity contribution < 1.29 is 9.13 Å². The van der Waals surface area contributed by atoms with Gasteiger partial charge in [-0.1, -0.05) is 6.07 Å². The van der Waals surface area contributed by atoms with E-state index in [9.17, 15) is 4.39 Å². The van der Waals surface area contributed by atoms with Gasteiger partial charge in [0.05, 0.1) is 7.11 Å². The highest BCUT2D eigenvalue weighted by molar-refractivity contribution is 5.30. The number of likely N-dealkylation sites (N-methyl/N-ethyl adjacent to an activating group) is 1. The Hall–Kier alpha value is -1.13. The summed E-state index contributed by atoms with van der Waals surface area (Å²) in [6.45, 7) is 4.24. The van der Waals surface area contributed by atoms with Crippen molar-refractivity contribution in [1.29, 1.82) is 0 Å². The minimum atomic E-state index is -0.290. The summed E-state index contributed by atoms with van der Waals surface area (Å²) in [6, 6.07) is 5.95. The molecule has 1 aromatic rings. The number of benzene rings is 1. The average Bonchev–Trinajstić information content (AvgIpc) is 2.46. The first-order valence-corrected chi connectivity index (χ1v) is 6.89. The lowest BCUT2D eigenvalue weighted by atomic mass is 10.0. The van der Waals surface area contributed by atoms with Crippen LogP contribution in [0.2, 0.25) is 0 Å². The van der Waals surface area contributed by atoms with E-state index in [4.69, 9.17) is 4.74 Å². The Morgan fingerprint density at radius 1 is 1.47 bits per heavy atom. The highest BCUT2D eigenvalue weighted by Crippen LogP contribution is 2.27. The van der Waals surface area contributed by atoms with Gasteiger partial charge in [0, 0.05) is 18.6 Å². The maximum Gasteiger partial charge on any atom is 0.165 e. The van der Waals surface area contributed by atoms with E-state index in [0.29, 0.717) is 11.8 Å². The SMILES string of the molecule is COc1ccc(C(C)N(C)C2CCCNC2)cc1F. The monoisotopic (exact) mass is 266 g/mol. The molecule has 0 bridgehead atoms. The van der Waals surface area contributed by atoms with Crippen molar-refractivity contribution in [3.05, 3.63) is 29.6 Å². The lowest BCUT2D eigenvalue weighted by Crippen LogP contribution is -2.45. The maximum absolute atomic E-state index is 13.8. The summed E-state index contributed by atoms with van der Waals surface area (Å²) < 4.78 is 18.7. The number of nitrogens with one attached hydrogen (secondary N) is 1. The normalized spacial score (nSPS) is 21.4. The Morgan fingerprint density at radius 2 is 2.26 bits per heavy atom. The number of ether oxygens (including phenoxy) is 1. The van der Waals surface area contributed by atoms with E-state index in [2.05, 4.69) is 24.2 Å². The Balaban J connectivity index is 2.09. The molecule has 4 heteroatoms. The molecule has 2 rings (SSSR count). The number of rotatable bonds is 4. The first-order valence-electron chi connectivity index (χ1n) is 6.89. The predicted octanol–water partition coefficient (Wildman–Crippen LogP) is 2.58. The minimum absolute atomic E-state index is 0.199. The van der Waals surface area contributed by atoms with Gasteiger partial charge in [0.25, 0.3) is 0 Å². The van der Waals surface area contributed by atoms with Gasteiger partial charge in [0.2, 0.25) is 0 Å². The topological polar surface area (TPSA) is 24.5 Å². The molecule has 1 heterocycles. The van der Waals surface area contributed by atoms with E-state index in [1.54, 1.807) is 12.1 Å². The van der Waals surface area contributed by atoms with Crippen molar-refractivity contribution in [2.24, 2.45) is 0 Å². The molecule has 1 aromatic carbocycles. The average molecular weight is 266 g/mol. The second-order valence-electron chi connectivity index (χ2n) is 5.24. The van der Waals surface area contributed by atoms with Crippen LogP contribution in [0.15, 0.2) is 18.2 Å². The van der Waals surface area contributed by atoms with Crippen LogP contribution in [0, 0.1) is 5.82 Å². The number of hydrogen-bond acceptors (Lipinski definition) is 3. The zero-order valence-corrected chi connectivity index (χ0v) is 11.9. The Kier molecular flexibility index (Phi) is 4.77. The molecule has 0 aromatic heterocycles. The Labute approximate surface area is 114 Å². The third-order valence-corrected chi connectivity index (χ3v) is 4.12. The molecule has 19 heavy (non-hydrogen) atoms. The van der Waals surface area contributed by atoms with Crippen LogP contribution < -0.4 is 10.1 Å². The molecule has 2 unspecified atom stereocenters. The molecule has 1 aliphatic heterocycles. The lowest BCUT2D eigenvalue weighted by molar-refractivity contribution is 0.156. The van der Waals surface area contributed by atoms with Crippen LogP contribution in [0.25, 0.3) is 0 Å². The van der Waals surface area contributed by atoms with Gasteiger partial charge in [0.1, 0.15) is 0 Å². The van der Waals surface area contributed by atoms with Gasteiger partial charge < -0.3 is 10.1 Å². The van der Waals surface area contributed by atoms with Crippen molar-refractivity contribution >= 4 is 0 Å². The molecule has 2 atom stereocenters. The van der Waals surface area contributed by atoms with Crippen LogP contribution in [-0.4, -0.2) is 38.2 Å². The largest absolute Gasteiger partial charge is 0.494 e. The molecular weight excluding hydrogens is 243 g/mol. The molecule has 0 radical (unpaired) electrons. The molecule has 0 amide bonds. The standard InChI is InChI=1S/C15H23FN2O/c1-11(18(2)13-5-4-8-17-10-13)12-6-7-15(19-3)14(16)9-12/h6-7,9,11,13,17H,4-5,8,10H2,1-3H3. The van der Waals surface area contributed by atoms with Gasteiger partial charge in [-0.25, -0.2) is 4.39 Å². The van der Waals surface area contributed by atoms with E-state index < -0.39 is 0 Å². The molecule has 1 N–H and O–H groups in total. The third kappa shape index (κ3) is 3.25. The number of methoxy groups -OCH3 is 1. The first kappa shape index (κ1) is 14.3. The van der Waals surface area contributed by atoms with Crippen LogP contribution in [0.4, 0.5) is 4.39 Å². The Morgan fingerprint density at radius 3 is 2.84 bits per heavy atom. The smallest absolute Gasteiger partial charge is 0.165 e. The van der Waals surface area contributed by atoms with Crippen LogP contribution in [0.3, 0.4) is 0 Å². The fourth-order valence-corrected chi connectivity index (χ4v) is 2.67. The van der Waals surface area contributed by atoms with Crippen molar-refractivity contribution in [3.8, 4) is 5.75 Å². The highest BCUT2D eigenvalue weighted by atomic mass is 19.1. The van der Waals surface area contributed by atoms with Crippen LogP contribution in [-0.2, 0) is 0 Å². The van der Waals surface area contributed by atoms with Crippen LogP contribution in [0.5, 0.6) is 5.75 Å². The molecule has 3 nitrogen and oxygen atoms in total. The van der Waals surface area contributed by atoms with Gasteiger partial charge in [-0.05, 0) is 51.1 Å². The maximum atomic E-state index is 13.8. The second-order valence-corrected chi connectivity index (χ2v) is 5.24. The van der Waals surface area contributed by atoms with Gasteiger partial charge in [0.15, 0.2) is 11.6 Å².